The van der Waals surface area contributed by atoms with Crippen LogP contribution >= 0.6 is 0 Å². The van der Waals surface area contributed by atoms with E-state index in [9.17, 15) is 9.59 Å². The van der Waals surface area contributed by atoms with Crippen LogP contribution in [0.15, 0.2) is 12.4 Å². The Balaban J connectivity index is 0. The summed E-state index contributed by atoms with van der Waals surface area (Å²) in [4.78, 5) is 28.7. The third-order valence-electron chi connectivity index (χ3n) is 2.23. The molecule has 23 heavy (non-hydrogen) atoms. The zero-order valence-electron chi connectivity index (χ0n) is 13.6. The van der Waals surface area contributed by atoms with Crippen LogP contribution < -0.4 is 0 Å². The number of carbonyl (C=O) groups is 2. The van der Waals surface area contributed by atoms with Crippen LogP contribution in [0.4, 0.5) is 0 Å². The number of H-pyrrole nitrogens is 1. The first-order chi connectivity index (χ1) is 10.8. The number of aliphatic hydroxyl groups excluding tert-OH is 2. The fourth-order valence-electron chi connectivity index (χ4n) is 1.21. The Labute approximate surface area is 135 Å². The molecule has 0 bridgehead atoms. The predicted molar refractivity (Wildman–Crippen MR) is 84.1 cm³/mol. The number of aliphatic carboxylic acids is 2. The average Bonchev–Trinajstić information content (AvgIpc) is 2.99. The number of aryl methyl sites for hydroxylation is 1. The minimum atomic E-state index is -1.08. The fraction of sp³-hybridized carbons (Fsp3) is 0.643. The van der Waals surface area contributed by atoms with Crippen LogP contribution in [0, 0.1) is 0 Å². The summed E-state index contributed by atoms with van der Waals surface area (Å²) in [5, 5.41) is 31.0. The van der Waals surface area contributed by atoms with Crippen molar-refractivity contribution in [3.8, 4) is 0 Å². The number of rotatable bonds is 8. The Morgan fingerprint density at radius 3 is 1.96 bits per heavy atom. The second-order valence-corrected chi connectivity index (χ2v) is 4.68. The summed E-state index contributed by atoms with van der Waals surface area (Å²) in [7, 11) is 4.17. The van der Waals surface area contributed by atoms with Crippen LogP contribution in [-0.4, -0.2) is 81.1 Å². The molecule has 0 aliphatic rings. The molecule has 1 aromatic heterocycles. The topological polar surface area (TPSA) is 147 Å². The standard InChI is InChI=1S/C8H15N3.C4H6O4.C2H6O2/c1-11(2)7-3-4-8-9-5-6-10-8;5-3(6)1-2-4(7)8;3-1-2-4/h5-6H,3-4,7H2,1-2H3,(H,9,10);1-2H2,(H,5,6)(H,7,8);3-4H,1-2H2. The van der Waals surface area contributed by atoms with Crippen LogP contribution in [0.25, 0.3) is 0 Å². The molecule has 0 aliphatic heterocycles. The zero-order valence-corrected chi connectivity index (χ0v) is 13.6. The second kappa shape index (κ2) is 16.4. The molecule has 1 aromatic rings. The number of nitrogens with zero attached hydrogens (tertiary/aromatic N) is 2. The molecular formula is C14H27N3O6. The van der Waals surface area contributed by atoms with E-state index in [0.29, 0.717) is 0 Å². The molecule has 0 unspecified atom stereocenters. The summed E-state index contributed by atoms with van der Waals surface area (Å²) < 4.78 is 0. The van der Waals surface area contributed by atoms with Crippen molar-refractivity contribution in [3.05, 3.63) is 18.2 Å². The number of hydrogen-bond donors (Lipinski definition) is 5. The lowest BCUT2D eigenvalue weighted by molar-refractivity contribution is -0.143. The van der Waals surface area contributed by atoms with Crippen molar-refractivity contribution in [2.24, 2.45) is 0 Å². The molecule has 134 valence electrons. The number of aliphatic hydroxyl groups is 2. The van der Waals surface area contributed by atoms with Gasteiger partial charge in [-0.05, 0) is 27.1 Å². The Bertz CT molecular complexity index is 379. The number of carboxylic acids is 2. The zero-order chi connectivity index (χ0) is 18.1. The molecule has 0 amide bonds. The highest BCUT2D eigenvalue weighted by atomic mass is 16.4. The number of aromatic nitrogens is 2. The molecule has 0 radical (unpaired) electrons. The van der Waals surface area contributed by atoms with E-state index in [1.807, 2.05) is 6.20 Å². The molecule has 0 fully saturated rings. The van der Waals surface area contributed by atoms with Gasteiger partial charge in [0.25, 0.3) is 0 Å². The SMILES string of the molecule is CN(C)CCCc1ncc[nH]1.O=C(O)CCC(=O)O.OCCO. The normalized spacial score (nSPS) is 9.43. The Morgan fingerprint density at radius 1 is 1.13 bits per heavy atom. The van der Waals surface area contributed by atoms with E-state index in [2.05, 4.69) is 29.0 Å². The minimum absolute atomic E-state index is 0.125. The van der Waals surface area contributed by atoms with Gasteiger partial charge in [-0.2, -0.15) is 0 Å². The number of hydrogen-bond acceptors (Lipinski definition) is 6. The van der Waals surface area contributed by atoms with Gasteiger partial charge in [-0.15, -0.1) is 0 Å². The van der Waals surface area contributed by atoms with Crippen molar-refractivity contribution in [2.45, 2.75) is 25.7 Å². The van der Waals surface area contributed by atoms with Crippen LogP contribution in [-0.2, 0) is 16.0 Å². The second-order valence-electron chi connectivity index (χ2n) is 4.68. The summed E-state index contributed by atoms with van der Waals surface area (Å²) >= 11 is 0. The molecule has 0 aromatic carbocycles. The highest BCUT2D eigenvalue weighted by Gasteiger charge is 2.00. The summed E-state index contributed by atoms with van der Waals surface area (Å²) in [6.07, 6.45) is 5.28. The van der Waals surface area contributed by atoms with Crippen molar-refractivity contribution in [1.82, 2.24) is 14.9 Å². The number of imidazole rings is 1. The Hall–Kier alpha value is -1.97. The highest BCUT2D eigenvalue weighted by molar-refractivity contribution is 5.75. The molecular weight excluding hydrogens is 306 g/mol. The molecule has 0 atom stereocenters. The number of carboxylic acid groups (broad SMARTS) is 2. The van der Waals surface area contributed by atoms with E-state index in [4.69, 9.17) is 20.4 Å². The predicted octanol–water partition coefficient (Wildman–Crippen LogP) is -0.189. The molecule has 0 saturated carbocycles. The van der Waals surface area contributed by atoms with Crippen molar-refractivity contribution >= 4 is 11.9 Å². The van der Waals surface area contributed by atoms with Crippen molar-refractivity contribution in [3.63, 3.8) is 0 Å². The number of nitrogens with one attached hydrogen (secondary N) is 1. The maximum absolute atomic E-state index is 9.64. The summed E-state index contributed by atoms with van der Waals surface area (Å²) in [5.41, 5.74) is 0. The molecule has 0 saturated heterocycles. The molecule has 1 heterocycles. The third-order valence-corrected chi connectivity index (χ3v) is 2.23. The van der Waals surface area contributed by atoms with Crippen LogP contribution in [0.3, 0.4) is 0 Å². The molecule has 0 spiro atoms. The third kappa shape index (κ3) is 22.5. The molecule has 9 heteroatoms. The van der Waals surface area contributed by atoms with Gasteiger partial charge < -0.3 is 30.3 Å². The first-order valence-corrected chi connectivity index (χ1v) is 7.11. The lowest BCUT2D eigenvalue weighted by Gasteiger charge is -2.07. The van der Waals surface area contributed by atoms with Gasteiger partial charge in [0.05, 0.1) is 26.1 Å². The van der Waals surface area contributed by atoms with Crippen LogP contribution in [0.2, 0.25) is 0 Å². The lowest BCUT2D eigenvalue weighted by atomic mass is 10.3. The van der Waals surface area contributed by atoms with Crippen molar-refractivity contribution in [1.29, 1.82) is 0 Å². The van der Waals surface area contributed by atoms with Crippen LogP contribution in [0.1, 0.15) is 25.1 Å². The first kappa shape index (κ1) is 23.3. The van der Waals surface area contributed by atoms with E-state index in [1.54, 1.807) is 6.20 Å². The summed E-state index contributed by atoms with van der Waals surface area (Å²) in [5.74, 6) is -1.06. The van der Waals surface area contributed by atoms with E-state index >= 15 is 0 Å². The maximum Gasteiger partial charge on any atom is 0.303 e. The van der Waals surface area contributed by atoms with Gasteiger partial charge in [-0.1, -0.05) is 0 Å². The summed E-state index contributed by atoms with van der Waals surface area (Å²) in [6, 6.07) is 0. The quantitative estimate of drug-likeness (QED) is 0.440. The van der Waals surface area contributed by atoms with Crippen molar-refractivity contribution in [2.75, 3.05) is 33.9 Å². The van der Waals surface area contributed by atoms with Gasteiger partial charge in [0.15, 0.2) is 0 Å². The van der Waals surface area contributed by atoms with E-state index in [1.165, 1.54) is 6.42 Å². The maximum atomic E-state index is 9.64. The monoisotopic (exact) mass is 333 g/mol. The van der Waals surface area contributed by atoms with Gasteiger partial charge in [0, 0.05) is 18.8 Å². The average molecular weight is 333 g/mol. The summed E-state index contributed by atoms with van der Waals surface area (Å²) in [6.45, 7) is 0.876. The van der Waals surface area contributed by atoms with E-state index in [0.717, 1.165) is 18.8 Å². The van der Waals surface area contributed by atoms with Crippen LogP contribution in [0.5, 0.6) is 0 Å². The van der Waals surface area contributed by atoms with Gasteiger partial charge in [0.1, 0.15) is 5.82 Å². The van der Waals surface area contributed by atoms with Gasteiger partial charge in [-0.25, -0.2) is 4.98 Å². The Kier molecular flexibility index (Phi) is 16.6. The largest absolute Gasteiger partial charge is 0.481 e. The minimum Gasteiger partial charge on any atom is -0.481 e. The lowest BCUT2D eigenvalue weighted by Crippen LogP contribution is -2.13. The van der Waals surface area contributed by atoms with E-state index < -0.39 is 11.9 Å². The van der Waals surface area contributed by atoms with Crippen molar-refractivity contribution < 1.29 is 30.0 Å². The number of aromatic amines is 1. The molecule has 1 rings (SSSR count). The van der Waals surface area contributed by atoms with Gasteiger partial charge >= 0.3 is 11.9 Å². The smallest absolute Gasteiger partial charge is 0.303 e. The first-order valence-electron chi connectivity index (χ1n) is 7.11. The highest BCUT2D eigenvalue weighted by Crippen LogP contribution is 1.94. The van der Waals surface area contributed by atoms with Gasteiger partial charge in [0.2, 0.25) is 0 Å². The fourth-order valence-corrected chi connectivity index (χ4v) is 1.21. The molecule has 9 nitrogen and oxygen atoms in total. The Morgan fingerprint density at radius 2 is 1.65 bits per heavy atom. The van der Waals surface area contributed by atoms with Gasteiger partial charge in [-0.3, -0.25) is 9.59 Å². The van der Waals surface area contributed by atoms with E-state index in [-0.39, 0.29) is 26.1 Å². The molecule has 5 N–H and O–H groups in total. The molecule has 0 aliphatic carbocycles.